The Morgan fingerprint density at radius 1 is 1.23 bits per heavy atom. The van der Waals surface area contributed by atoms with E-state index in [2.05, 4.69) is 15.3 Å². The molecule has 8 heteroatoms. The molecule has 0 atom stereocenters. The molecule has 0 fully saturated rings. The zero-order valence-electron chi connectivity index (χ0n) is 14.5. The van der Waals surface area contributed by atoms with Gasteiger partial charge in [-0.05, 0) is 44.0 Å². The molecule has 2 aromatic heterocycles. The van der Waals surface area contributed by atoms with Crippen LogP contribution in [0.4, 0.5) is 5.69 Å². The molecule has 0 spiro atoms. The number of fused-ring (bicyclic) bond motifs is 1. The van der Waals surface area contributed by atoms with E-state index in [4.69, 9.17) is 9.15 Å². The monoisotopic (exact) mass is 355 g/mol. The number of rotatable bonds is 4. The standard InChI is InChI=1S/C18H17N3O5/c1-9-4-5-12(6-10(9)2)21-13(22)7-25-18(24)14-11(3)26-17-15(14)16(23)19-8-20-17/h4-6,8H,7H2,1-3H3,(H,21,22)(H,19,20,23). The Hall–Kier alpha value is -3.42. The molecule has 3 aromatic rings. The molecule has 2 heterocycles. The van der Waals surface area contributed by atoms with Gasteiger partial charge < -0.3 is 19.5 Å². The second-order valence-electron chi connectivity index (χ2n) is 5.87. The summed E-state index contributed by atoms with van der Waals surface area (Å²) in [5.41, 5.74) is 2.24. The summed E-state index contributed by atoms with van der Waals surface area (Å²) in [6.45, 7) is 4.93. The van der Waals surface area contributed by atoms with Crippen LogP contribution in [0.25, 0.3) is 11.1 Å². The summed E-state index contributed by atoms with van der Waals surface area (Å²) in [7, 11) is 0. The van der Waals surface area contributed by atoms with Crippen molar-refractivity contribution in [2.75, 3.05) is 11.9 Å². The third kappa shape index (κ3) is 3.34. The van der Waals surface area contributed by atoms with Gasteiger partial charge in [-0.1, -0.05) is 6.07 Å². The number of aromatic nitrogens is 2. The molecule has 2 N–H and O–H groups in total. The van der Waals surface area contributed by atoms with Crippen LogP contribution in [0, 0.1) is 20.8 Å². The summed E-state index contributed by atoms with van der Waals surface area (Å²) < 4.78 is 10.3. The Morgan fingerprint density at radius 3 is 2.73 bits per heavy atom. The van der Waals surface area contributed by atoms with Crippen LogP contribution in [-0.2, 0) is 9.53 Å². The third-order valence-electron chi connectivity index (χ3n) is 4.00. The molecule has 0 aliphatic rings. The molecule has 0 saturated carbocycles. The summed E-state index contributed by atoms with van der Waals surface area (Å²) in [5, 5.41) is 2.66. The van der Waals surface area contributed by atoms with Gasteiger partial charge in [0.2, 0.25) is 5.71 Å². The van der Waals surface area contributed by atoms with Crippen LogP contribution in [0.1, 0.15) is 27.2 Å². The summed E-state index contributed by atoms with van der Waals surface area (Å²) in [4.78, 5) is 42.5. The van der Waals surface area contributed by atoms with Crippen molar-refractivity contribution in [2.45, 2.75) is 20.8 Å². The number of aryl methyl sites for hydroxylation is 3. The minimum absolute atomic E-state index is 0.00423. The molecule has 0 bridgehead atoms. The molecular weight excluding hydrogens is 338 g/mol. The first-order valence-corrected chi connectivity index (χ1v) is 7.88. The number of hydrogen-bond donors (Lipinski definition) is 2. The Morgan fingerprint density at radius 2 is 2.00 bits per heavy atom. The molecule has 0 unspecified atom stereocenters. The molecule has 0 radical (unpaired) electrons. The van der Waals surface area contributed by atoms with E-state index in [9.17, 15) is 14.4 Å². The number of carbonyl (C=O) groups is 2. The van der Waals surface area contributed by atoms with E-state index in [1.807, 2.05) is 26.0 Å². The average molecular weight is 355 g/mol. The number of ether oxygens (including phenoxy) is 1. The molecule has 0 aliphatic heterocycles. The lowest BCUT2D eigenvalue weighted by Gasteiger charge is -2.08. The van der Waals surface area contributed by atoms with Crippen LogP contribution < -0.4 is 10.9 Å². The second-order valence-corrected chi connectivity index (χ2v) is 5.87. The van der Waals surface area contributed by atoms with Gasteiger partial charge in [-0.3, -0.25) is 9.59 Å². The van der Waals surface area contributed by atoms with Crippen molar-refractivity contribution in [3.05, 3.63) is 57.3 Å². The van der Waals surface area contributed by atoms with Gasteiger partial charge >= 0.3 is 5.97 Å². The number of aromatic amines is 1. The second kappa shape index (κ2) is 6.83. The van der Waals surface area contributed by atoms with Gasteiger partial charge in [0.15, 0.2) is 6.61 Å². The number of carbonyl (C=O) groups excluding carboxylic acids is 2. The first kappa shape index (κ1) is 17.4. The van der Waals surface area contributed by atoms with Crippen molar-refractivity contribution in [3.63, 3.8) is 0 Å². The van der Waals surface area contributed by atoms with E-state index in [1.54, 1.807) is 6.07 Å². The van der Waals surface area contributed by atoms with Crippen molar-refractivity contribution in [1.82, 2.24) is 9.97 Å². The molecular formula is C18H17N3O5. The average Bonchev–Trinajstić information content (AvgIpc) is 2.93. The fourth-order valence-corrected chi connectivity index (χ4v) is 2.52. The predicted molar refractivity (Wildman–Crippen MR) is 94.2 cm³/mol. The van der Waals surface area contributed by atoms with Gasteiger partial charge in [-0.15, -0.1) is 0 Å². The van der Waals surface area contributed by atoms with Gasteiger partial charge in [-0.2, -0.15) is 0 Å². The topological polar surface area (TPSA) is 114 Å². The normalized spacial score (nSPS) is 10.7. The number of nitrogens with one attached hydrogen (secondary N) is 2. The number of benzene rings is 1. The third-order valence-corrected chi connectivity index (χ3v) is 4.00. The largest absolute Gasteiger partial charge is 0.452 e. The number of nitrogens with zero attached hydrogens (tertiary/aromatic N) is 1. The van der Waals surface area contributed by atoms with Crippen molar-refractivity contribution in [2.24, 2.45) is 0 Å². The van der Waals surface area contributed by atoms with E-state index in [0.717, 1.165) is 11.1 Å². The van der Waals surface area contributed by atoms with E-state index < -0.39 is 24.0 Å². The van der Waals surface area contributed by atoms with Gasteiger partial charge in [0.25, 0.3) is 11.5 Å². The highest BCUT2D eigenvalue weighted by atomic mass is 16.5. The number of furan rings is 1. The van der Waals surface area contributed by atoms with Crippen molar-refractivity contribution < 1.29 is 18.7 Å². The first-order valence-electron chi connectivity index (χ1n) is 7.88. The van der Waals surface area contributed by atoms with Crippen molar-refractivity contribution in [3.8, 4) is 0 Å². The zero-order valence-corrected chi connectivity index (χ0v) is 14.5. The maximum absolute atomic E-state index is 12.3. The zero-order chi connectivity index (χ0) is 18.8. The molecule has 1 amide bonds. The van der Waals surface area contributed by atoms with Crippen LogP contribution in [0.5, 0.6) is 0 Å². The Kier molecular flexibility index (Phi) is 4.57. The molecule has 3 rings (SSSR count). The molecule has 1 aromatic carbocycles. The minimum Gasteiger partial charge on any atom is -0.452 e. The maximum Gasteiger partial charge on any atom is 0.343 e. The predicted octanol–water partition coefficient (Wildman–Crippen LogP) is 2.24. The Balaban J connectivity index is 1.71. The quantitative estimate of drug-likeness (QED) is 0.694. The van der Waals surface area contributed by atoms with E-state index in [1.165, 1.54) is 13.3 Å². The highest BCUT2D eigenvalue weighted by molar-refractivity contribution is 6.04. The molecule has 0 saturated heterocycles. The summed E-state index contributed by atoms with van der Waals surface area (Å²) >= 11 is 0. The van der Waals surface area contributed by atoms with Crippen LogP contribution in [0.3, 0.4) is 0 Å². The van der Waals surface area contributed by atoms with Gasteiger partial charge in [0, 0.05) is 5.69 Å². The fraction of sp³-hybridized carbons (Fsp3) is 0.222. The Bertz CT molecular complexity index is 1060. The summed E-state index contributed by atoms with van der Waals surface area (Å²) in [6.07, 6.45) is 1.18. The number of anilines is 1. The lowest BCUT2D eigenvalue weighted by atomic mass is 10.1. The SMILES string of the molecule is Cc1ccc(NC(=O)COC(=O)c2c(C)oc3nc[nH]c(=O)c23)cc1C. The molecule has 134 valence electrons. The van der Waals surface area contributed by atoms with Crippen LogP contribution in [-0.4, -0.2) is 28.5 Å². The van der Waals surface area contributed by atoms with E-state index in [0.29, 0.717) is 5.69 Å². The Labute approximate surface area is 148 Å². The number of esters is 1. The highest BCUT2D eigenvalue weighted by Gasteiger charge is 2.23. The van der Waals surface area contributed by atoms with Crippen LogP contribution in [0.2, 0.25) is 0 Å². The highest BCUT2D eigenvalue weighted by Crippen LogP contribution is 2.21. The van der Waals surface area contributed by atoms with Gasteiger partial charge in [-0.25, -0.2) is 9.78 Å². The van der Waals surface area contributed by atoms with Gasteiger partial charge in [0.05, 0.1) is 6.33 Å². The first-order chi connectivity index (χ1) is 12.4. The van der Waals surface area contributed by atoms with Crippen LogP contribution >= 0.6 is 0 Å². The van der Waals surface area contributed by atoms with Crippen LogP contribution in [0.15, 0.2) is 33.7 Å². The van der Waals surface area contributed by atoms with Crippen molar-refractivity contribution in [1.29, 1.82) is 0 Å². The van der Waals surface area contributed by atoms with Gasteiger partial charge in [0.1, 0.15) is 16.7 Å². The maximum atomic E-state index is 12.3. The minimum atomic E-state index is -0.824. The number of hydrogen-bond acceptors (Lipinski definition) is 6. The van der Waals surface area contributed by atoms with E-state index >= 15 is 0 Å². The molecule has 26 heavy (non-hydrogen) atoms. The molecule has 8 nitrogen and oxygen atoms in total. The number of H-pyrrole nitrogens is 1. The lowest BCUT2D eigenvalue weighted by Crippen LogP contribution is -2.21. The van der Waals surface area contributed by atoms with Crippen molar-refractivity contribution >= 4 is 28.7 Å². The lowest BCUT2D eigenvalue weighted by molar-refractivity contribution is -0.119. The fourth-order valence-electron chi connectivity index (χ4n) is 2.52. The smallest absolute Gasteiger partial charge is 0.343 e. The summed E-state index contributed by atoms with van der Waals surface area (Å²) in [6, 6.07) is 5.48. The molecule has 0 aliphatic carbocycles. The summed E-state index contributed by atoms with van der Waals surface area (Å²) in [5.74, 6) is -1.11. The number of amides is 1. The van der Waals surface area contributed by atoms with E-state index in [-0.39, 0.29) is 22.4 Å².